The van der Waals surface area contributed by atoms with Crippen molar-refractivity contribution in [3.8, 4) is 0 Å². The fraction of sp³-hybridized carbons (Fsp3) is 0.667. The van der Waals surface area contributed by atoms with Gasteiger partial charge in [-0.1, -0.05) is 45.4 Å². The second-order valence-corrected chi connectivity index (χ2v) is 6.24. The molecule has 0 aliphatic carbocycles. The normalized spacial score (nSPS) is 19.8. The van der Waals surface area contributed by atoms with Gasteiger partial charge in [0.25, 0.3) is 0 Å². The van der Waals surface area contributed by atoms with E-state index in [0.717, 1.165) is 19.0 Å². The number of hydrogen-bond donors (Lipinski definition) is 1. The van der Waals surface area contributed by atoms with Crippen molar-refractivity contribution in [3.05, 3.63) is 29.8 Å². The van der Waals surface area contributed by atoms with E-state index in [1.807, 2.05) is 0 Å². The van der Waals surface area contributed by atoms with E-state index < -0.39 is 0 Å². The van der Waals surface area contributed by atoms with Crippen molar-refractivity contribution in [2.24, 2.45) is 5.92 Å². The van der Waals surface area contributed by atoms with E-state index in [9.17, 15) is 0 Å². The van der Waals surface area contributed by atoms with Crippen molar-refractivity contribution >= 4 is 5.69 Å². The van der Waals surface area contributed by atoms with Crippen LogP contribution in [-0.2, 0) is 6.42 Å². The molecule has 2 heteroatoms. The Hall–Kier alpha value is -1.02. The van der Waals surface area contributed by atoms with Crippen molar-refractivity contribution < 1.29 is 0 Å². The summed E-state index contributed by atoms with van der Waals surface area (Å²) in [6, 6.07) is 9.61. The van der Waals surface area contributed by atoms with Gasteiger partial charge in [0, 0.05) is 24.8 Å². The lowest BCUT2D eigenvalue weighted by Crippen LogP contribution is -2.47. The van der Waals surface area contributed by atoms with E-state index in [1.165, 1.54) is 43.5 Å². The fourth-order valence-electron chi connectivity index (χ4n) is 3.33. The zero-order valence-corrected chi connectivity index (χ0v) is 13.4. The number of nitrogens with zero attached hydrogens (tertiary/aromatic N) is 1. The van der Waals surface area contributed by atoms with Crippen LogP contribution in [0.2, 0.25) is 0 Å². The van der Waals surface area contributed by atoms with E-state index >= 15 is 0 Å². The Kier molecular flexibility index (Phi) is 5.90. The second kappa shape index (κ2) is 7.68. The van der Waals surface area contributed by atoms with Crippen LogP contribution in [-0.4, -0.2) is 25.7 Å². The molecule has 112 valence electrons. The molecule has 2 rings (SSSR count). The van der Waals surface area contributed by atoms with E-state index in [1.54, 1.807) is 0 Å². The molecule has 1 aromatic carbocycles. The minimum absolute atomic E-state index is 0.635. The number of fused-ring (bicyclic) bond motifs is 1. The Bertz CT molecular complexity index is 402. The van der Waals surface area contributed by atoms with Gasteiger partial charge in [-0.05, 0) is 43.4 Å². The number of anilines is 1. The van der Waals surface area contributed by atoms with Gasteiger partial charge < -0.3 is 10.2 Å². The number of rotatable bonds is 7. The van der Waals surface area contributed by atoms with Crippen molar-refractivity contribution in [2.75, 3.05) is 24.5 Å². The van der Waals surface area contributed by atoms with Gasteiger partial charge in [0.05, 0.1) is 0 Å². The summed E-state index contributed by atoms with van der Waals surface area (Å²) in [4.78, 5) is 2.66. The minimum Gasteiger partial charge on any atom is -0.367 e. The predicted molar refractivity (Wildman–Crippen MR) is 88.5 cm³/mol. The molecule has 2 unspecified atom stereocenters. The molecule has 1 aliphatic heterocycles. The third kappa shape index (κ3) is 3.76. The van der Waals surface area contributed by atoms with Gasteiger partial charge in [0.1, 0.15) is 0 Å². The molecule has 0 radical (unpaired) electrons. The molecule has 2 nitrogen and oxygen atoms in total. The molecular weight excluding hydrogens is 244 g/mol. The summed E-state index contributed by atoms with van der Waals surface area (Å²) in [5.41, 5.74) is 3.00. The minimum atomic E-state index is 0.635. The largest absolute Gasteiger partial charge is 0.367 e. The molecule has 0 spiro atoms. The summed E-state index contributed by atoms with van der Waals surface area (Å²) < 4.78 is 0. The lowest BCUT2D eigenvalue weighted by Gasteiger charge is -2.40. The first-order chi connectivity index (χ1) is 9.76. The molecule has 1 N–H and O–H groups in total. The van der Waals surface area contributed by atoms with Crippen molar-refractivity contribution in [3.63, 3.8) is 0 Å². The highest BCUT2D eigenvalue weighted by Gasteiger charge is 2.26. The standard InChI is InChI=1S/C18H30N2/c1-4-8-17(13-19-11-5-2)20-14-15(3)12-16-9-6-7-10-18(16)20/h6-7,9-10,15,17,19H,4-5,8,11-14H2,1-3H3. The van der Waals surface area contributed by atoms with Gasteiger partial charge in [0.2, 0.25) is 0 Å². The zero-order chi connectivity index (χ0) is 14.4. The Balaban J connectivity index is 2.14. The van der Waals surface area contributed by atoms with Crippen molar-refractivity contribution in [1.29, 1.82) is 0 Å². The summed E-state index contributed by atoms with van der Waals surface area (Å²) in [7, 11) is 0. The molecule has 0 saturated carbocycles. The predicted octanol–water partition coefficient (Wildman–Crippen LogP) is 3.85. The molecule has 0 aromatic heterocycles. The van der Waals surface area contributed by atoms with Crippen LogP contribution >= 0.6 is 0 Å². The lowest BCUT2D eigenvalue weighted by molar-refractivity contribution is 0.442. The Morgan fingerprint density at radius 2 is 2.05 bits per heavy atom. The average molecular weight is 274 g/mol. The van der Waals surface area contributed by atoms with Crippen LogP contribution in [0.4, 0.5) is 5.69 Å². The van der Waals surface area contributed by atoms with Gasteiger partial charge >= 0.3 is 0 Å². The third-order valence-corrected chi connectivity index (χ3v) is 4.25. The number of hydrogen-bond acceptors (Lipinski definition) is 2. The molecule has 0 bridgehead atoms. The fourth-order valence-corrected chi connectivity index (χ4v) is 3.33. The van der Waals surface area contributed by atoms with E-state index in [4.69, 9.17) is 0 Å². The highest BCUT2D eigenvalue weighted by Crippen LogP contribution is 2.31. The first kappa shape index (κ1) is 15.4. The highest BCUT2D eigenvalue weighted by molar-refractivity contribution is 5.56. The molecule has 1 aliphatic rings. The first-order valence-corrected chi connectivity index (χ1v) is 8.31. The highest BCUT2D eigenvalue weighted by atomic mass is 15.2. The quantitative estimate of drug-likeness (QED) is 0.760. The number of nitrogens with one attached hydrogen (secondary N) is 1. The Morgan fingerprint density at radius 1 is 1.25 bits per heavy atom. The van der Waals surface area contributed by atoms with Gasteiger partial charge in [-0.3, -0.25) is 0 Å². The maximum Gasteiger partial charge on any atom is 0.0414 e. The number of benzene rings is 1. The summed E-state index contributed by atoms with van der Waals surface area (Å²) in [6.07, 6.45) is 4.98. The maximum absolute atomic E-state index is 3.62. The molecule has 2 atom stereocenters. The van der Waals surface area contributed by atoms with Crippen LogP contribution < -0.4 is 10.2 Å². The van der Waals surface area contributed by atoms with E-state index in [2.05, 4.69) is 55.3 Å². The van der Waals surface area contributed by atoms with Gasteiger partial charge in [0.15, 0.2) is 0 Å². The summed E-state index contributed by atoms with van der Waals surface area (Å²) in [5.74, 6) is 0.760. The molecule has 0 amide bonds. The lowest BCUT2D eigenvalue weighted by atomic mass is 9.92. The smallest absolute Gasteiger partial charge is 0.0414 e. The Morgan fingerprint density at radius 3 is 2.80 bits per heavy atom. The summed E-state index contributed by atoms with van der Waals surface area (Å²) in [5, 5.41) is 3.62. The monoisotopic (exact) mass is 274 g/mol. The molecule has 20 heavy (non-hydrogen) atoms. The average Bonchev–Trinajstić information content (AvgIpc) is 2.45. The SMILES string of the molecule is CCCNCC(CCC)N1CC(C)Cc2ccccc21. The van der Waals surface area contributed by atoms with E-state index in [0.29, 0.717) is 6.04 Å². The van der Waals surface area contributed by atoms with Gasteiger partial charge in [-0.15, -0.1) is 0 Å². The maximum atomic E-state index is 3.62. The Labute approximate surface area is 124 Å². The summed E-state index contributed by atoms with van der Waals surface area (Å²) in [6.45, 7) is 10.4. The molecule has 1 aromatic rings. The number of para-hydroxylation sites is 1. The second-order valence-electron chi connectivity index (χ2n) is 6.24. The van der Waals surface area contributed by atoms with E-state index in [-0.39, 0.29) is 0 Å². The van der Waals surface area contributed by atoms with Crippen molar-refractivity contribution in [2.45, 2.75) is 52.5 Å². The van der Waals surface area contributed by atoms with Crippen LogP contribution in [0, 0.1) is 5.92 Å². The van der Waals surface area contributed by atoms with Crippen LogP contribution in [0.1, 0.15) is 45.6 Å². The van der Waals surface area contributed by atoms with Crippen molar-refractivity contribution in [1.82, 2.24) is 5.32 Å². The molecular formula is C18H30N2. The van der Waals surface area contributed by atoms with Crippen LogP contribution in [0.15, 0.2) is 24.3 Å². The van der Waals surface area contributed by atoms with Crippen LogP contribution in [0.5, 0.6) is 0 Å². The van der Waals surface area contributed by atoms with Crippen LogP contribution in [0.25, 0.3) is 0 Å². The molecule has 0 fully saturated rings. The first-order valence-electron chi connectivity index (χ1n) is 8.31. The topological polar surface area (TPSA) is 15.3 Å². The van der Waals surface area contributed by atoms with Crippen LogP contribution in [0.3, 0.4) is 0 Å². The van der Waals surface area contributed by atoms with Gasteiger partial charge in [-0.2, -0.15) is 0 Å². The van der Waals surface area contributed by atoms with Gasteiger partial charge in [-0.25, -0.2) is 0 Å². The molecule has 1 heterocycles. The zero-order valence-electron chi connectivity index (χ0n) is 13.4. The third-order valence-electron chi connectivity index (χ3n) is 4.25. The summed E-state index contributed by atoms with van der Waals surface area (Å²) >= 11 is 0. The molecule has 0 saturated heterocycles.